The standard InChI is InChI=1S/C15H13BrClF2N/c16-12-6-7-14(18)11(15(12)19)8-20-9-13(17)10-4-2-1-3-5-10/h1-7,13,20H,8-9H2. The largest absolute Gasteiger partial charge is 0.311 e. The summed E-state index contributed by atoms with van der Waals surface area (Å²) >= 11 is 9.27. The fourth-order valence-electron chi connectivity index (χ4n) is 1.83. The summed E-state index contributed by atoms with van der Waals surface area (Å²) in [6.07, 6.45) is 0. The van der Waals surface area contributed by atoms with Crippen molar-refractivity contribution >= 4 is 27.5 Å². The molecule has 0 radical (unpaired) electrons. The summed E-state index contributed by atoms with van der Waals surface area (Å²) in [7, 11) is 0. The normalized spacial score (nSPS) is 12.4. The molecule has 0 aliphatic rings. The molecule has 1 nitrogen and oxygen atoms in total. The van der Waals surface area contributed by atoms with Crippen molar-refractivity contribution in [3.8, 4) is 0 Å². The van der Waals surface area contributed by atoms with Crippen LogP contribution in [-0.4, -0.2) is 6.54 Å². The molecule has 106 valence electrons. The van der Waals surface area contributed by atoms with Gasteiger partial charge in [0.25, 0.3) is 0 Å². The number of halogens is 4. The Hall–Kier alpha value is -0.970. The molecule has 0 fully saturated rings. The Morgan fingerprint density at radius 2 is 1.80 bits per heavy atom. The second-order valence-corrected chi connectivity index (χ2v) is 5.71. The van der Waals surface area contributed by atoms with E-state index in [1.165, 1.54) is 12.1 Å². The predicted octanol–water partition coefficient (Wildman–Crippen LogP) is 4.80. The summed E-state index contributed by atoms with van der Waals surface area (Å²) in [5.41, 5.74) is 0.980. The molecular formula is C15H13BrClF2N. The first kappa shape index (κ1) is 15.4. The van der Waals surface area contributed by atoms with Crippen LogP contribution in [0, 0.1) is 11.6 Å². The monoisotopic (exact) mass is 359 g/mol. The number of nitrogens with one attached hydrogen (secondary N) is 1. The van der Waals surface area contributed by atoms with E-state index in [1.807, 2.05) is 30.3 Å². The van der Waals surface area contributed by atoms with Crippen molar-refractivity contribution in [1.29, 1.82) is 0 Å². The van der Waals surface area contributed by atoms with Gasteiger partial charge in [-0.05, 0) is 33.6 Å². The number of alkyl halides is 1. The Bertz CT molecular complexity index is 578. The highest BCUT2D eigenvalue weighted by Crippen LogP contribution is 2.22. The summed E-state index contributed by atoms with van der Waals surface area (Å²) in [5.74, 6) is -1.15. The highest BCUT2D eigenvalue weighted by Gasteiger charge is 2.13. The van der Waals surface area contributed by atoms with E-state index in [4.69, 9.17) is 11.6 Å². The number of rotatable bonds is 5. The van der Waals surface area contributed by atoms with E-state index < -0.39 is 11.6 Å². The minimum atomic E-state index is -0.580. The van der Waals surface area contributed by atoms with E-state index in [2.05, 4.69) is 21.2 Å². The molecule has 0 amide bonds. The summed E-state index contributed by atoms with van der Waals surface area (Å²) in [5, 5.41) is 2.73. The number of hydrogen-bond acceptors (Lipinski definition) is 1. The van der Waals surface area contributed by atoms with E-state index in [-0.39, 0.29) is 22.0 Å². The van der Waals surface area contributed by atoms with Crippen molar-refractivity contribution in [1.82, 2.24) is 5.32 Å². The van der Waals surface area contributed by atoms with E-state index >= 15 is 0 Å². The van der Waals surface area contributed by atoms with Crippen LogP contribution < -0.4 is 5.32 Å². The lowest BCUT2D eigenvalue weighted by atomic mass is 10.1. The van der Waals surface area contributed by atoms with Crippen molar-refractivity contribution in [2.75, 3.05) is 6.54 Å². The van der Waals surface area contributed by atoms with Crippen molar-refractivity contribution in [3.05, 3.63) is 69.7 Å². The molecule has 0 saturated heterocycles. The van der Waals surface area contributed by atoms with Gasteiger partial charge < -0.3 is 5.32 Å². The van der Waals surface area contributed by atoms with Gasteiger partial charge in [-0.25, -0.2) is 8.78 Å². The van der Waals surface area contributed by atoms with E-state index in [0.717, 1.165) is 5.56 Å². The predicted molar refractivity (Wildman–Crippen MR) is 80.8 cm³/mol. The zero-order chi connectivity index (χ0) is 14.5. The van der Waals surface area contributed by atoms with Crippen LogP contribution in [0.5, 0.6) is 0 Å². The Labute approximate surface area is 130 Å². The summed E-state index contributed by atoms with van der Waals surface area (Å²) in [6.45, 7) is 0.518. The number of benzene rings is 2. The third-order valence-corrected chi connectivity index (χ3v) is 3.94. The van der Waals surface area contributed by atoms with Crippen LogP contribution in [0.25, 0.3) is 0 Å². The van der Waals surface area contributed by atoms with E-state index in [1.54, 1.807) is 0 Å². The van der Waals surface area contributed by atoms with Gasteiger partial charge in [-0.3, -0.25) is 0 Å². The Morgan fingerprint density at radius 3 is 2.50 bits per heavy atom. The minimum absolute atomic E-state index is 0.0105. The molecule has 1 N–H and O–H groups in total. The van der Waals surface area contributed by atoms with Crippen LogP contribution in [0.4, 0.5) is 8.78 Å². The molecule has 0 heterocycles. The molecule has 20 heavy (non-hydrogen) atoms. The van der Waals surface area contributed by atoms with Gasteiger partial charge in [-0.2, -0.15) is 0 Å². The first-order chi connectivity index (χ1) is 9.59. The first-order valence-electron chi connectivity index (χ1n) is 6.11. The molecular weight excluding hydrogens is 348 g/mol. The smallest absolute Gasteiger partial charge is 0.144 e. The van der Waals surface area contributed by atoms with Crippen molar-refractivity contribution in [3.63, 3.8) is 0 Å². The lowest BCUT2D eigenvalue weighted by Gasteiger charge is -2.12. The van der Waals surface area contributed by atoms with Crippen LogP contribution in [0.15, 0.2) is 46.9 Å². The maximum absolute atomic E-state index is 13.8. The molecule has 2 aromatic rings. The zero-order valence-corrected chi connectivity index (χ0v) is 12.9. The Morgan fingerprint density at radius 1 is 1.10 bits per heavy atom. The van der Waals surface area contributed by atoms with E-state index in [9.17, 15) is 8.78 Å². The van der Waals surface area contributed by atoms with Gasteiger partial charge in [-0.1, -0.05) is 30.3 Å². The molecule has 1 atom stereocenters. The highest BCUT2D eigenvalue weighted by atomic mass is 79.9. The fourth-order valence-corrected chi connectivity index (χ4v) is 2.46. The van der Waals surface area contributed by atoms with Crippen LogP contribution in [0.2, 0.25) is 0 Å². The summed E-state index contributed by atoms with van der Waals surface area (Å²) < 4.78 is 27.5. The van der Waals surface area contributed by atoms with Crippen molar-refractivity contribution < 1.29 is 8.78 Å². The number of hydrogen-bond donors (Lipinski definition) is 1. The molecule has 5 heteroatoms. The average Bonchev–Trinajstić information content (AvgIpc) is 2.47. The minimum Gasteiger partial charge on any atom is -0.311 e. The van der Waals surface area contributed by atoms with Gasteiger partial charge in [0.15, 0.2) is 0 Å². The molecule has 0 aliphatic carbocycles. The van der Waals surface area contributed by atoms with Gasteiger partial charge in [0.1, 0.15) is 11.6 Å². The van der Waals surface area contributed by atoms with Crippen LogP contribution in [0.3, 0.4) is 0 Å². The van der Waals surface area contributed by atoms with Gasteiger partial charge in [0.2, 0.25) is 0 Å². The lowest BCUT2D eigenvalue weighted by Crippen LogP contribution is -2.20. The third-order valence-electron chi connectivity index (χ3n) is 2.93. The summed E-state index contributed by atoms with van der Waals surface area (Å²) in [6, 6.07) is 12.1. The molecule has 0 aliphatic heterocycles. The van der Waals surface area contributed by atoms with Gasteiger partial charge >= 0.3 is 0 Å². The molecule has 2 aromatic carbocycles. The summed E-state index contributed by atoms with van der Waals surface area (Å²) in [4.78, 5) is 0. The molecule has 0 spiro atoms. The van der Waals surface area contributed by atoms with Gasteiger partial charge in [0, 0.05) is 18.7 Å². The first-order valence-corrected chi connectivity index (χ1v) is 7.34. The lowest BCUT2D eigenvalue weighted by molar-refractivity contribution is 0.531. The second-order valence-electron chi connectivity index (χ2n) is 4.33. The van der Waals surface area contributed by atoms with Gasteiger partial charge in [0.05, 0.1) is 9.85 Å². The Balaban J connectivity index is 1.95. The molecule has 2 rings (SSSR count). The Kier molecular flexibility index (Phi) is 5.52. The maximum atomic E-state index is 13.8. The van der Waals surface area contributed by atoms with Crippen LogP contribution >= 0.6 is 27.5 Å². The highest BCUT2D eigenvalue weighted by molar-refractivity contribution is 9.10. The molecule has 1 unspecified atom stereocenters. The van der Waals surface area contributed by atoms with Crippen LogP contribution in [0.1, 0.15) is 16.5 Å². The molecule has 0 bridgehead atoms. The molecule has 0 saturated carbocycles. The van der Waals surface area contributed by atoms with Gasteiger partial charge in [-0.15, -0.1) is 11.6 Å². The van der Waals surface area contributed by atoms with Crippen molar-refractivity contribution in [2.24, 2.45) is 0 Å². The second kappa shape index (κ2) is 7.16. The fraction of sp³-hybridized carbons (Fsp3) is 0.200. The maximum Gasteiger partial charge on any atom is 0.144 e. The topological polar surface area (TPSA) is 12.0 Å². The average molecular weight is 361 g/mol. The quantitative estimate of drug-likeness (QED) is 0.597. The van der Waals surface area contributed by atoms with Crippen LogP contribution in [-0.2, 0) is 6.54 Å². The SMILES string of the molecule is Fc1ccc(Br)c(F)c1CNCC(Cl)c1ccccc1. The van der Waals surface area contributed by atoms with Crippen molar-refractivity contribution in [2.45, 2.75) is 11.9 Å². The van der Waals surface area contributed by atoms with E-state index in [0.29, 0.717) is 6.54 Å². The zero-order valence-electron chi connectivity index (χ0n) is 10.5. The molecule has 0 aromatic heterocycles. The third kappa shape index (κ3) is 3.78.